The Morgan fingerprint density at radius 2 is 1.86 bits per heavy atom. The summed E-state index contributed by atoms with van der Waals surface area (Å²) in [5.74, 6) is -0.179. The molecule has 0 radical (unpaired) electrons. The fourth-order valence-corrected chi connectivity index (χ4v) is 4.43. The minimum atomic E-state index is -0.386. The number of aromatic nitrogens is 1. The summed E-state index contributed by atoms with van der Waals surface area (Å²) in [5, 5.41) is 3.17. The maximum Gasteiger partial charge on any atom is 0.273 e. The predicted octanol–water partition coefficient (Wildman–Crippen LogP) is 3.22. The highest BCUT2D eigenvalue weighted by Gasteiger charge is 2.39. The van der Waals surface area contributed by atoms with Crippen LogP contribution < -0.4 is 5.32 Å². The van der Waals surface area contributed by atoms with Gasteiger partial charge in [-0.25, -0.2) is 0 Å². The predicted molar refractivity (Wildman–Crippen MR) is 108 cm³/mol. The van der Waals surface area contributed by atoms with Crippen LogP contribution in [0.1, 0.15) is 48.2 Å². The minimum absolute atomic E-state index is 0.0267. The van der Waals surface area contributed by atoms with Crippen molar-refractivity contribution < 1.29 is 9.59 Å². The van der Waals surface area contributed by atoms with Crippen LogP contribution in [0.5, 0.6) is 0 Å². The molecule has 4 rings (SSSR count). The quantitative estimate of drug-likeness (QED) is 0.841. The van der Waals surface area contributed by atoms with E-state index in [1.807, 2.05) is 6.07 Å². The lowest BCUT2D eigenvalue weighted by Crippen LogP contribution is -2.50. The summed E-state index contributed by atoms with van der Waals surface area (Å²) in [4.78, 5) is 31.5. The van der Waals surface area contributed by atoms with E-state index in [-0.39, 0.29) is 23.3 Å². The van der Waals surface area contributed by atoms with Crippen molar-refractivity contribution in [3.8, 4) is 0 Å². The van der Waals surface area contributed by atoms with Crippen molar-refractivity contribution in [3.63, 3.8) is 0 Å². The highest BCUT2D eigenvalue weighted by Crippen LogP contribution is 2.43. The van der Waals surface area contributed by atoms with Crippen LogP contribution in [0.25, 0.3) is 0 Å². The van der Waals surface area contributed by atoms with Crippen molar-refractivity contribution in [1.82, 2.24) is 15.2 Å². The SMILES string of the molecule is O=C(NCC1(Cc2ccccc2)CCC1)[C@@H]1CCCN1C(=O)c1ccccn1. The van der Waals surface area contributed by atoms with Crippen LogP contribution >= 0.6 is 0 Å². The van der Waals surface area contributed by atoms with Gasteiger partial charge in [-0.05, 0) is 55.2 Å². The van der Waals surface area contributed by atoms with E-state index < -0.39 is 0 Å². The molecule has 1 saturated carbocycles. The molecule has 2 heterocycles. The molecule has 1 saturated heterocycles. The summed E-state index contributed by atoms with van der Waals surface area (Å²) in [6.07, 6.45) is 7.68. The number of carbonyl (C=O) groups excluding carboxylic acids is 2. The molecule has 0 spiro atoms. The number of nitrogens with one attached hydrogen (secondary N) is 1. The summed E-state index contributed by atoms with van der Waals surface area (Å²) < 4.78 is 0. The lowest BCUT2D eigenvalue weighted by atomic mass is 9.65. The second-order valence-electron chi connectivity index (χ2n) is 8.11. The zero-order valence-corrected chi connectivity index (χ0v) is 16.1. The van der Waals surface area contributed by atoms with E-state index in [4.69, 9.17) is 0 Å². The van der Waals surface area contributed by atoms with Gasteiger partial charge in [0.05, 0.1) is 0 Å². The smallest absolute Gasteiger partial charge is 0.273 e. The van der Waals surface area contributed by atoms with Crippen LogP contribution in [-0.2, 0) is 11.2 Å². The molecule has 0 bridgehead atoms. The van der Waals surface area contributed by atoms with Crippen molar-refractivity contribution in [2.24, 2.45) is 5.41 Å². The first kappa shape index (κ1) is 18.7. The Morgan fingerprint density at radius 3 is 2.54 bits per heavy atom. The fourth-order valence-electron chi connectivity index (χ4n) is 4.43. The third-order valence-electron chi connectivity index (χ3n) is 6.17. The number of pyridine rings is 1. The van der Waals surface area contributed by atoms with Crippen molar-refractivity contribution in [3.05, 3.63) is 66.0 Å². The van der Waals surface area contributed by atoms with E-state index in [1.54, 1.807) is 29.3 Å². The first-order valence-electron chi connectivity index (χ1n) is 10.2. The topological polar surface area (TPSA) is 62.3 Å². The molecule has 1 aliphatic carbocycles. The summed E-state index contributed by atoms with van der Waals surface area (Å²) >= 11 is 0. The number of benzene rings is 1. The Balaban J connectivity index is 1.38. The van der Waals surface area contributed by atoms with Crippen LogP contribution in [0.2, 0.25) is 0 Å². The van der Waals surface area contributed by atoms with Crippen molar-refractivity contribution in [1.29, 1.82) is 0 Å². The van der Waals surface area contributed by atoms with E-state index in [9.17, 15) is 9.59 Å². The molecule has 1 aliphatic heterocycles. The molecule has 1 aromatic carbocycles. The molecule has 146 valence electrons. The Morgan fingerprint density at radius 1 is 1.07 bits per heavy atom. The normalized spacial score (nSPS) is 20.4. The summed E-state index contributed by atoms with van der Waals surface area (Å²) in [6.45, 7) is 1.30. The molecule has 2 fully saturated rings. The molecule has 2 amide bonds. The molecule has 5 heteroatoms. The van der Waals surface area contributed by atoms with Gasteiger partial charge in [0.15, 0.2) is 0 Å². The Labute approximate surface area is 166 Å². The van der Waals surface area contributed by atoms with Gasteiger partial charge in [-0.15, -0.1) is 0 Å². The summed E-state index contributed by atoms with van der Waals surface area (Å²) in [5.41, 5.74) is 1.89. The number of hydrogen-bond acceptors (Lipinski definition) is 3. The van der Waals surface area contributed by atoms with E-state index >= 15 is 0 Å². The number of nitrogens with zero attached hydrogens (tertiary/aromatic N) is 2. The van der Waals surface area contributed by atoms with Gasteiger partial charge >= 0.3 is 0 Å². The lowest BCUT2D eigenvalue weighted by molar-refractivity contribution is -0.125. The van der Waals surface area contributed by atoms with Crippen LogP contribution in [0.15, 0.2) is 54.7 Å². The highest BCUT2D eigenvalue weighted by molar-refractivity contribution is 5.96. The third-order valence-corrected chi connectivity index (χ3v) is 6.17. The monoisotopic (exact) mass is 377 g/mol. The maximum atomic E-state index is 12.9. The molecule has 1 atom stereocenters. The van der Waals surface area contributed by atoms with Crippen LogP contribution in [0, 0.1) is 5.41 Å². The van der Waals surface area contributed by atoms with Gasteiger partial charge in [0.1, 0.15) is 11.7 Å². The fraction of sp³-hybridized carbons (Fsp3) is 0.435. The van der Waals surface area contributed by atoms with E-state index in [0.29, 0.717) is 18.8 Å². The van der Waals surface area contributed by atoms with Gasteiger partial charge in [0.25, 0.3) is 5.91 Å². The first-order valence-corrected chi connectivity index (χ1v) is 10.2. The zero-order chi connectivity index (χ0) is 19.4. The third kappa shape index (κ3) is 3.93. The van der Waals surface area contributed by atoms with Crippen molar-refractivity contribution in [2.75, 3.05) is 13.1 Å². The number of amides is 2. The Kier molecular flexibility index (Phi) is 5.42. The van der Waals surface area contributed by atoms with E-state index in [1.165, 1.54) is 12.0 Å². The molecule has 2 aromatic rings. The molecule has 1 N–H and O–H groups in total. The second kappa shape index (κ2) is 8.13. The van der Waals surface area contributed by atoms with E-state index in [0.717, 1.165) is 32.1 Å². The number of rotatable bonds is 6. The van der Waals surface area contributed by atoms with Crippen LogP contribution in [-0.4, -0.2) is 40.8 Å². The molecule has 1 aromatic heterocycles. The summed E-state index contributed by atoms with van der Waals surface area (Å²) in [7, 11) is 0. The number of hydrogen-bond donors (Lipinski definition) is 1. The van der Waals surface area contributed by atoms with Crippen LogP contribution in [0.4, 0.5) is 0 Å². The molecular weight excluding hydrogens is 350 g/mol. The zero-order valence-electron chi connectivity index (χ0n) is 16.1. The van der Waals surface area contributed by atoms with Gasteiger partial charge in [-0.2, -0.15) is 0 Å². The lowest BCUT2D eigenvalue weighted by Gasteiger charge is -2.42. The van der Waals surface area contributed by atoms with E-state index in [2.05, 4.69) is 34.6 Å². The molecule has 28 heavy (non-hydrogen) atoms. The van der Waals surface area contributed by atoms with Gasteiger partial charge < -0.3 is 10.2 Å². The second-order valence-corrected chi connectivity index (χ2v) is 8.11. The first-order chi connectivity index (χ1) is 13.7. The largest absolute Gasteiger partial charge is 0.354 e. The average molecular weight is 377 g/mol. The molecule has 0 unspecified atom stereocenters. The summed E-state index contributed by atoms with van der Waals surface area (Å²) in [6, 6.07) is 15.4. The Bertz CT molecular complexity index is 818. The maximum absolute atomic E-state index is 12.9. The molecular formula is C23H27N3O2. The number of carbonyl (C=O) groups is 2. The Hall–Kier alpha value is -2.69. The van der Waals surface area contributed by atoms with Gasteiger partial charge in [0, 0.05) is 19.3 Å². The number of likely N-dealkylation sites (tertiary alicyclic amines) is 1. The van der Waals surface area contributed by atoms with Crippen molar-refractivity contribution >= 4 is 11.8 Å². The van der Waals surface area contributed by atoms with Gasteiger partial charge in [-0.3, -0.25) is 14.6 Å². The van der Waals surface area contributed by atoms with Gasteiger partial charge in [-0.1, -0.05) is 42.8 Å². The molecule has 5 nitrogen and oxygen atoms in total. The van der Waals surface area contributed by atoms with Gasteiger partial charge in [0.2, 0.25) is 5.91 Å². The highest BCUT2D eigenvalue weighted by atomic mass is 16.2. The minimum Gasteiger partial charge on any atom is -0.354 e. The molecule has 2 aliphatic rings. The van der Waals surface area contributed by atoms with Crippen molar-refractivity contribution in [2.45, 2.75) is 44.6 Å². The standard InChI is InChI=1S/C23H27N3O2/c27-21(20-11-6-15-26(20)22(28)19-10-4-5-14-24-19)25-17-23(12-7-13-23)16-18-8-2-1-3-9-18/h1-5,8-10,14,20H,6-7,11-13,15-17H2,(H,25,27)/t20-/m0/s1. The average Bonchev–Trinajstić information content (AvgIpc) is 3.20. The van der Waals surface area contributed by atoms with Crippen LogP contribution in [0.3, 0.4) is 0 Å².